The third kappa shape index (κ3) is 3.06. The molecule has 0 amide bonds. The first-order chi connectivity index (χ1) is 19.5. The van der Waals surface area contributed by atoms with Gasteiger partial charge in [-0.3, -0.25) is 4.57 Å². The number of hydrogen-bond donors (Lipinski definition) is 0. The molecule has 1 aliphatic rings. The molecule has 2 heterocycles. The van der Waals surface area contributed by atoms with Crippen molar-refractivity contribution in [1.82, 2.24) is 14.5 Å². The Bertz CT molecular complexity index is 2190. The molecule has 40 heavy (non-hydrogen) atoms. The van der Waals surface area contributed by atoms with E-state index in [1.807, 2.05) is 24.3 Å². The van der Waals surface area contributed by atoms with Gasteiger partial charge in [0, 0.05) is 27.3 Å². The second-order valence-electron chi connectivity index (χ2n) is 11.0. The van der Waals surface area contributed by atoms with E-state index in [0.29, 0.717) is 11.6 Å². The van der Waals surface area contributed by atoms with Gasteiger partial charge in [-0.25, -0.2) is 14.8 Å². The van der Waals surface area contributed by atoms with E-state index in [1.54, 1.807) is 0 Å². The van der Waals surface area contributed by atoms with Gasteiger partial charge in [-0.2, -0.15) is 0 Å². The molecule has 4 heteroatoms. The van der Waals surface area contributed by atoms with Gasteiger partial charge < -0.3 is 0 Å². The Morgan fingerprint density at radius 1 is 0.675 bits per heavy atom. The summed E-state index contributed by atoms with van der Waals surface area (Å²) in [6.07, 6.45) is 0. The molecule has 0 saturated carbocycles. The predicted octanol–water partition coefficient (Wildman–Crippen LogP) is 9.25. The van der Waals surface area contributed by atoms with Crippen molar-refractivity contribution in [2.24, 2.45) is 0 Å². The second kappa shape index (κ2) is 8.11. The Morgan fingerprint density at radius 3 is 2.15 bits per heavy atom. The van der Waals surface area contributed by atoms with Crippen molar-refractivity contribution in [3.8, 4) is 28.5 Å². The summed E-state index contributed by atoms with van der Waals surface area (Å²) in [5, 5.41) is 4.75. The summed E-state index contributed by atoms with van der Waals surface area (Å²) >= 11 is 0. The lowest BCUT2D eigenvalue weighted by Crippen LogP contribution is -2.18. The lowest BCUT2D eigenvalue weighted by molar-refractivity contribution is 0.657. The zero-order valence-corrected chi connectivity index (χ0v) is 22.2. The summed E-state index contributed by atoms with van der Waals surface area (Å²) in [7, 11) is 0. The Labute approximate surface area is 232 Å². The smallest absolute Gasteiger partial charge is 0.235 e. The molecular weight excluding hydrogens is 488 g/mol. The number of aromatic nitrogens is 3. The number of hydrogen-bond acceptors (Lipinski definition) is 2. The number of nitrogens with zero attached hydrogens (tertiary/aromatic N) is 4. The van der Waals surface area contributed by atoms with Crippen molar-refractivity contribution in [1.29, 1.82) is 0 Å². The molecule has 0 aliphatic heterocycles. The van der Waals surface area contributed by atoms with E-state index in [1.165, 1.54) is 27.1 Å². The molecule has 188 valence electrons. The van der Waals surface area contributed by atoms with Crippen LogP contribution in [0.15, 0.2) is 109 Å². The van der Waals surface area contributed by atoms with Crippen molar-refractivity contribution in [3.05, 3.63) is 132 Å². The summed E-state index contributed by atoms with van der Waals surface area (Å²) in [6.45, 7) is 11.9. The quantitative estimate of drug-likeness (QED) is 0.216. The summed E-state index contributed by atoms with van der Waals surface area (Å²) in [6, 6.07) is 37.8. The van der Waals surface area contributed by atoms with Crippen LogP contribution in [0.25, 0.3) is 65.9 Å². The Kier molecular flexibility index (Phi) is 4.60. The van der Waals surface area contributed by atoms with Crippen LogP contribution >= 0.6 is 0 Å². The van der Waals surface area contributed by atoms with Crippen LogP contribution in [0.2, 0.25) is 0 Å². The van der Waals surface area contributed by atoms with Crippen LogP contribution in [0.3, 0.4) is 0 Å². The Morgan fingerprint density at radius 2 is 1.35 bits per heavy atom. The minimum atomic E-state index is -0.269. The molecule has 0 atom stereocenters. The van der Waals surface area contributed by atoms with E-state index in [0.717, 1.165) is 39.1 Å². The molecule has 0 unspecified atom stereocenters. The topological polar surface area (TPSA) is 35.1 Å². The lowest BCUT2D eigenvalue weighted by Gasteiger charge is -2.24. The van der Waals surface area contributed by atoms with Crippen LogP contribution in [-0.4, -0.2) is 14.5 Å². The van der Waals surface area contributed by atoms with E-state index in [2.05, 4.69) is 108 Å². The highest BCUT2D eigenvalue weighted by Crippen LogP contribution is 2.51. The molecule has 8 rings (SSSR count). The monoisotopic (exact) mass is 512 g/mol. The molecule has 0 radical (unpaired) electrons. The van der Waals surface area contributed by atoms with E-state index < -0.39 is 0 Å². The van der Waals surface area contributed by atoms with Crippen LogP contribution < -0.4 is 0 Å². The van der Waals surface area contributed by atoms with E-state index >= 15 is 0 Å². The normalized spacial score (nSPS) is 13.4. The molecule has 0 bridgehead atoms. The van der Waals surface area contributed by atoms with Crippen LogP contribution in [0, 0.1) is 6.57 Å². The Hall–Kier alpha value is -5.27. The molecule has 0 saturated heterocycles. The third-order valence-corrected chi connectivity index (χ3v) is 8.39. The van der Waals surface area contributed by atoms with Gasteiger partial charge in [-0.05, 0) is 40.1 Å². The van der Waals surface area contributed by atoms with Gasteiger partial charge in [-0.1, -0.05) is 105 Å². The van der Waals surface area contributed by atoms with E-state index in [9.17, 15) is 0 Å². The van der Waals surface area contributed by atoms with Crippen molar-refractivity contribution < 1.29 is 0 Å². The van der Waals surface area contributed by atoms with Crippen LogP contribution in [0.1, 0.15) is 25.0 Å². The zero-order chi connectivity index (χ0) is 27.0. The van der Waals surface area contributed by atoms with E-state index in [-0.39, 0.29) is 5.41 Å². The van der Waals surface area contributed by atoms with Gasteiger partial charge in [0.2, 0.25) is 5.95 Å². The molecule has 0 fully saturated rings. The van der Waals surface area contributed by atoms with Crippen LogP contribution in [-0.2, 0) is 5.41 Å². The fourth-order valence-electron chi connectivity index (χ4n) is 6.48. The van der Waals surface area contributed by atoms with Crippen molar-refractivity contribution in [2.45, 2.75) is 19.3 Å². The van der Waals surface area contributed by atoms with Crippen molar-refractivity contribution >= 4 is 38.3 Å². The maximum atomic E-state index is 7.43. The minimum Gasteiger partial charge on any atom is -0.278 e. The fraction of sp³-hybridized carbons (Fsp3) is 0.0833. The minimum absolute atomic E-state index is 0.269. The van der Waals surface area contributed by atoms with Gasteiger partial charge >= 0.3 is 0 Å². The molecule has 2 aromatic heterocycles. The molecule has 5 aromatic carbocycles. The SMILES string of the molecule is [C-]#[N+]c1ccc(-c2nc(-n3c4ccccc4c4cc5ccccc5cc43)nc3c2C(C)(C)c2ccccc2-3)cc1. The summed E-state index contributed by atoms with van der Waals surface area (Å²) < 4.78 is 2.21. The molecular formula is C36H24N4. The second-order valence-corrected chi connectivity index (χ2v) is 11.0. The molecule has 7 aromatic rings. The summed E-state index contributed by atoms with van der Waals surface area (Å²) in [5.74, 6) is 0.650. The molecule has 1 aliphatic carbocycles. The Balaban J connectivity index is 1.51. The largest absolute Gasteiger partial charge is 0.278 e. The average Bonchev–Trinajstić information content (AvgIpc) is 3.44. The summed E-state index contributed by atoms with van der Waals surface area (Å²) in [5.41, 5.74) is 8.90. The molecule has 4 nitrogen and oxygen atoms in total. The van der Waals surface area contributed by atoms with Gasteiger partial charge in [0.1, 0.15) is 0 Å². The van der Waals surface area contributed by atoms with E-state index in [4.69, 9.17) is 16.5 Å². The van der Waals surface area contributed by atoms with Crippen LogP contribution in [0.5, 0.6) is 0 Å². The lowest BCUT2D eigenvalue weighted by atomic mass is 9.81. The fourth-order valence-corrected chi connectivity index (χ4v) is 6.48. The summed E-state index contributed by atoms with van der Waals surface area (Å²) in [4.78, 5) is 14.3. The van der Waals surface area contributed by atoms with Gasteiger partial charge in [-0.15, -0.1) is 0 Å². The number of rotatable bonds is 2. The maximum absolute atomic E-state index is 7.43. The number of para-hydroxylation sites is 1. The highest BCUT2D eigenvalue weighted by molar-refractivity contribution is 6.13. The first kappa shape index (κ1) is 22.7. The van der Waals surface area contributed by atoms with Gasteiger partial charge in [0.25, 0.3) is 0 Å². The van der Waals surface area contributed by atoms with Crippen molar-refractivity contribution in [2.75, 3.05) is 0 Å². The molecule has 0 N–H and O–H groups in total. The first-order valence-electron chi connectivity index (χ1n) is 13.5. The van der Waals surface area contributed by atoms with Crippen LogP contribution in [0.4, 0.5) is 5.69 Å². The maximum Gasteiger partial charge on any atom is 0.235 e. The number of benzene rings is 5. The van der Waals surface area contributed by atoms with Crippen molar-refractivity contribution in [3.63, 3.8) is 0 Å². The van der Waals surface area contributed by atoms with Gasteiger partial charge in [0.15, 0.2) is 5.69 Å². The molecule has 0 spiro atoms. The highest BCUT2D eigenvalue weighted by atomic mass is 15.2. The standard InChI is InChI=1S/C36H24N4/c1-36(2)29-14-8-6-13-27(29)34-32(36)33(22-16-18-25(37-3)19-17-22)38-35(39-34)40-30-15-9-7-12-26(30)28-20-23-10-4-5-11-24(23)21-31(28)40/h4-21H,1-2H3. The number of fused-ring (bicyclic) bond motifs is 7. The predicted molar refractivity (Wildman–Crippen MR) is 163 cm³/mol. The van der Waals surface area contributed by atoms with Gasteiger partial charge in [0.05, 0.1) is 29.0 Å². The first-order valence-corrected chi connectivity index (χ1v) is 13.5. The average molecular weight is 513 g/mol. The highest BCUT2D eigenvalue weighted by Gasteiger charge is 2.40. The zero-order valence-electron chi connectivity index (χ0n) is 22.2. The third-order valence-electron chi connectivity index (χ3n) is 8.39.